The molecule has 4 nitrogen and oxygen atoms in total. The van der Waals surface area contributed by atoms with Gasteiger partial charge in [-0.15, -0.1) is 0 Å². The average molecular weight is 428 g/mol. The second kappa shape index (κ2) is 7.22. The fraction of sp³-hybridized carbons (Fsp3) is 0.0455. The first-order chi connectivity index (χ1) is 13.8. The van der Waals surface area contributed by atoms with Gasteiger partial charge in [-0.2, -0.15) is 4.99 Å². The van der Waals surface area contributed by atoms with Gasteiger partial charge in [0.2, 0.25) is 15.7 Å². The molecule has 1 atom stereocenters. The van der Waals surface area contributed by atoms with Gasteiger partial charge in [-0.3, -0.25) is 0 Å². The maximum absolute atomic E-state index is 13.1. The van der Waals surface area contributed by atoms with Crippen LogP contribution in [-0.2, 0) is 9.84 Å². The highest BCUT2D eigenvalue weighted by molar-refractivity contribution is 7.91. The molecule has 3 aromatic carbocycles. The van der Waals surface area contributed by atoms with Crippen LogP contribution < -0.4 is 4.48 Å². The molecule has 0 saturated heterocycles. The molecule has 7 heteroatoms. The van der Waals surface area contributed by atoms with E-state index in [2.05, 4.69) is 4.99 Å². The number of rotatable bonds is 4. The Hall–Kier alpha value is -2.80. The topological polar surface area (TPSA) is 46.5 Å². The standard InChI is InChI=1S/C22H17ClFN2O2S/c1-26(19-8-4-17(23)5-9-19)15-14-25-22(26)16-2-10-20(11-3-16)29(27,28)21-12-6-18(24)7-13-21/h2-15H,1H3/q+1. The summed E-state index contributed by atoms with van der Waals surface area (Å²) >= 11 is 6.00. The summed E-state index contributed by atoms with van der Waals surface area (Å²) in [5.41, 5.74) is 1.77. The van der Waals surface area contributed by atoms with Crippen molar-refractivity contribution in [2.24, 2.45) is 4.99 Å². The number of sulfone groups is 1. The number of quaternary nitrogens is 1. The van der Waals surface area contributed by atoms with Crippen molar-refractivity contribution < 1.29 is 12.8 Å². The van der Waals surface area contributed by atoms with Gasteiger partial charge in [0.25, 0.3) is 0 Å². The average Bonchev–Trinajstić information content (AvgIpc) is 3.11. The number of hydrogen-bond acceptors (Lipinski definition) is 3. The summed E-state index contributed by atoms with van der Waals surface area (Å²) in [6, 6.07) is 18.8. The number of amidine groups is 1. The van der Waals surface area contributed by atoms with E-state index in [4.69, 9.17) is 11.6 Å². The van der Waals surface area contributed by atoms with Crippen molar-refractivity contribution in [2.45, 2.75) is 9.79 Å². The van der Waals surface area contributed by atoms with Gasteiger partial charge in [0.1, 0.15) is 17.7 Å². The normalized spacial score (nSPS) is 18.7. The second-order valence-electron chi connectivity index (χ2n) is 6.78. The summed E-state index contributed by atoms with van der Waals surface area (Å²) in [4.78, 5) is 4.69. The summed E-state index contributed by atoms with van der Waals surface area (Å²) in [6.07, 6.45) is 3.68. The van der Waals surface area contributed by atoms with Crippen LogP contribution in [0.3, 0.4) is 0 Å². The summed E-state index contributed by atoms with van der Waals surface area (Å²) in [6.45, 7) is 0. The Morgan fingerprint density at radius 3 is 2.00 bits per heavy atom. The molecule has 1 aliphatic heterocycles. The zero-order valence-electron chi connectivity index (χ0n) is 15.5. The lowest BCUT2D eigenvalue weighted by molar-refractivity contribution is 0.594. The Labute approximate surface area is 173 Å². The summed E-state index contributed by atoms with van der Waals surface area (Å²) in [7, 11) is -1.73. The van der Waals surface area contributed by atoms with Crippen LogP contribution in [0.5, 0.6) is 0 Å². The number of benzene rings is 3. The van der Waals surface area contributed by atoms with Crippen molar-refractivity contribution in [1.82, 2.24) is 4.48 Å². The van der Waals surface area contributed by atoms with Gasteiger partial charge in [-0.1, -0.05) is 11.6 Å². The molecule has 0 fully saturated rings. The molecule has 4 rings (SSSR count). The molecule has 1 heterocycles. The van der Waals surface area contributed by atoms with Crippen LogP contribution in [-0.4, -0.2) is 21.3 Å². The number of aliphatic imine (C=N–C) groups is 1. The second-order valence-corrected chi connectivity index (χ2v) is 9.17. The first-order valence-corrected chi connectivity index (χ1v) is 10.7. The molecular formula is C22H17ClFN2O2S+. The minimum Gasteiger partial charge on any atom is -0.219 e. The molecule has 146 valence electrons. The third-order valence-electron chi connectivity index (χ3n) is 4.91. The molecule has 0 spiro atoms. The number of halogens is 2. The highest BCUT2D eigenvalue weighted by atomic mass is 35.5. The van der Waals surface area contributed by atoms with E-state index in [1.54, 1.807) is 30.5 Å². The Morgan fingerprint density at radius 2 is 1.41 bits per heavy atom. The zero-order chi connectivity index (χ0) is 20.6. The molecule has 0 radical (unpaired) electrons. The van der Waals surface area contributed by atoms with Crippen molar-refractivity contribution >= 4 is 33.0 Å². The van der Waals surface area contributed by atoms with Crippen molar-refractivity contribution in [3.63, 3.8) is 0 Å². The Morgan fingerprint density at radius 1 is 0.862 bits per heavy atom. The lowest BCUT2D eigenvalue weighted by Gasteiger charge is -2.27. The highest BCUT2D eigenvalue weighted by Gasteiger charge is 2.34. The minimum atomic E-state index is -3.72. The summed E-state index contributed by atoms with van der Waals surface area (Å²) in [5, 5.41) is 0.650. The van der Waals surface area contributed by atoms with Gasteiger partial charge in [-0.25, -0.2) is 17.3 Å². The van der Waals surface area contributed by atoms with Crippen LogP contribution in [0.1, 0.15) is 5.56 Å². The first kappa shape index (κ1) is 19.5. The molecule has 0 amide bonds. The maximum atomic E-state index is 13.1. The number of nitrogens with zero attached hydrogens (tertiary/aromatic N) is 2. The molecule has 0 bridgehead atoms. The number of hydrogen-bond donors (Lipinski definition) is 0. The largest absolute Gasteiger partial charge is 0.244 e. The van der Waals surface area contributed by atoms with E-state index in [0.29, 0.717) is 9.51 Å². The van der Waals surface area contributed by atoms with Crippen molar-refractivity contribution in [3.8, 4) is 0 Å². The zero-order valence-corrected chi connectivity index (χ0v) is 17.0. The SMILES string of the molecule is C[N+]1(c2ccc(Cl)cc2)C=CN=C1c1ccc(S(=O)(=O)c2ccc(F)cc2)cc1. The van der Waals surface area contributed by atoms with Crippen molar-refractivity contribution in [2.75, 3.05) is 7.05 Å². The van der Waals surface area contributed by atoms with Gasteiger partial charge in [0.05, 0.1) is 28.6 Å². The predicted octanol–water partition coefficient (Wildman–Crippen LogP) is 5.18. The fourth-order valence-corrected chi connectivity index (χ4v) is 4.65. The summed E-state index contributed by atoms with van der Waals surface area (Å²) < 4.78 is 39.0. The molecule has 0 aliphatic carbocycles. The van der Waals surface area contributed by atoms with Crippen LogP contribution in [0, 0.1) is 5.82 Å². The fourth-order valence-electron chi connectivity index (χ4n) is 3.26. The van der Waals surface area contributed by atoms with E-state index in [1.807, 2.05) is 37.5 Å². The minimum absolute atomic E-state index is 0.0494. The van der Waals surface area contributed by atoms with E-state index in [1.165, 1.54) is 12.1 Å². The van der Waals surface area contributed by atoms with E-state index in [0.717, 1.165) is 29.2 Å². The van der Waals surface area contributed by atoms with Crippen LogP contribution in [0.4, 0.5) is 10.1 Å². The third-order valence-corrected chi connectivity index (χ3v) is 6.95. The molecular weight excluding hydrogens is 411 g/mol. The van der Waals surface area contributed by atoms with Crippen molar-refractivity contribution in [1.29, 1.82) is 0 Å². The lowest BCUT2D eigenvalue weighted by Crippen LogP contribution is -2.43. The van der Waals surface area contributed by atoms with E-state index in [9.17, 15) is 12.8 Å². The van der Waals surface area contributed by atoms with Gasteiger partial charge in [-0.05, 0) is 60.7 Å². The van der Waals surface area contributed by atoms with E-state index >= 15 is 0 Å². The Balaban J connectivity index is 1.67. The highest BCUT2D eigenvalue weighted by Crippen LogP contribution is 2.31. The van der Waals surface area contributed by atoms with Gasteiger partial charge in [0.15, 0.2) is 0 Å². The molecule has 0 N–H and O–H groups in total. The molecule has 0 saturated carbocycles. The van der Waals surface area contributed by atoms with Gasteiger partial charge < -0.3 is 0 Å². The molecule has 1 aliphatic rings. The summed E-state index contributed by atoms with van der Waals surface area (Å²) in [5.74, 6) is 0.281. The van der Waals surface area contributed by atoms with Crippen LogP contribution in [0.15, 0.2) is 100.0 Å². The van der Waals surface area contributed by atoms with Crippen LogP contribution >= 0.6 is 11.6 Å². The van der Waals surface area contributed by atoms with Crippen molar-refractivity contribution in [3.05, 3.63) is 102 Å². The lowest BCUT2D eigenvalue weighted by atomic mass is 10.1. The molecule has 0 aromatic heterocycles. The van der Waals surface area contributed by atoms with Gasteiger partial charge in [0, 0.05) is 17.2 Å². The predicted molar refractivity (Wildman–Crippen MR) is 113 cm³/mol. The maximum Gasteiger partial charge on any atom is 0.244 e. The van der Waals surface area contributed by atoms with Gasteiger partial charge >= 0.3 is 0 Å². The molecule has 1 unspecified atom stereocenters. The van der Waals surface area contributed by atoms with Crippen LogP contribution in [0.2, 0.25) is 5.02 Å². The molecule has 3 aromatic rings. The quantitative estimate of drug-likeness (QED) is 0.425. The molecule has 29 heavy (non-hydrogen) atoms. The van der Waals surface area contributed by atoms with E-state index in [-0.39, 0.29) is 9.79 Å². The smallest absolute Gasteiger partial charge is 0.219 e. The monoisotopic (exact) mass is 427 g/mol. The Bertz CT molecular complexity index is 1220. The van der Waals surface area contributed by atoms with Crippen LogP contribution in [0.25, 0.3) is 0 Å². The third kappa shape index (κ3) is 3.51. The first-order valence-electron chi connectivity index (χ1n) is 8.80. The van der Waals surface area contributed by atoms with E-state index < -0.39 is 15.7 Å². The Kier molecular flexibility index (Phi) is 4.86.